The molecule has 1 atom stereocenters. The van der Waals surface area contributed by atoms with Crippen LogP contribution in [0.5, 0.6) is 11.5 Å². The molecule has 0 unspecified atom stereocenters. The molecule has 10 heteroatoms. The van der Waals surface area contributed by atoms with Crippen molar-refractivity contribution in [1.82, 2.24) is 29.4 Å². The number of hydrogen-bond acceptors (Lipinski definition) is 8. The smallest absolute Gasteiger partial charge is 0.255 e. The Hall–Kier alpha value is -4.83. The topological polar surface area (TPSA) is 101 Å². The Kier molecular flexibility index (Phi) is 6.84. The second-order valence-corrected chi connectivity index (χ2v) is 10.6. The number of aryl methyl sites for hydroxylation is 2. The van der Waals surface area contributed by atoms with E-state index >= 15 is 0 Å². The van der Waals surface area contributed by atoms with Crippen LogP contribution < -0.4 is 15.0 Å². The van der Waals surface area contributed by atoms with E-state index in [1.807, 2.05) is 87.2 Å². The molecular weight excluding hydrogens is 516 g/mol. The van der Waals surface area contributed by atoms with Crippen molar-refractivity contribution in [3.05, 3.63) is 78.4 Å². The summed E-state index contributed by atoms with van der Waals surface area (Å²) >= 11 is 0. The first-order chi connectivity index (χ1) is 19.8. The lowest BCUT2D eigenvalue weighted by Gasteiger charge is -2.17. The van der Waals surface area contributed by atoms with Crippen LogP contribution in [0.1, 0.15) is 18.9 Å². The number of benzene rings is 2. The van der Waals surface area contributed by atoms with Gasteiger partial charge in [-0.2, -0.15) is 0 Å². The number of nitrogens with zero attached hydrogens (tertiary/aromatic N) is 7. The van der Waals surface area contributed by atoms with Crippen LogP contribution in [0.2, 0.25) is 0 Å². The first-order valence-corrected chi connectivity index (χ1v) is 13.5. The molecule has 0 saturated carbocycles. The molecule has 41 heavy (non-hydrogen) atoms. The van der Waals surface area contributed by atoms with E-state index in [0.29, 0.717) is 35.6 Å². The molecule has 1 aliphatic rings. The van der Waals surface area contributed by atoms with Gasteiger partial charge in [0.05, 0.1) is 22.9 Å². The van der Waals surface area contributed by atoms with E-state index in [2.05, 4.69) is 32.1 Å². The van der Waals surface area contributed by atoms with Crippen molar-refractivity contribution in [2.24, 2.45) is 7.05 Å². The average Bonchev–Trinajstić information content (AvgIpc) is 3.51. The molecule has 0 spiro atoms. The van der Waals surface area contributed by atoms with Crippen LogP contribution in [0.25, 0.3) is 22.1 Å². The highest BCUT2D eigenvalue weighted by Crippen LogP contribution is 2.32. The van der Waals surface area contributed by atoms with Crippen LogP contribution in [-0.4, -0.2) is 62.0 Å². The summed E-state index contributed by atoms with van der Waals surface area (Å²) < 4.78 is 8.15. The van der Waals surface area contributed by atoms with E-state index in [0.717, 1.165) is 39.4 Å². The van der Waals surface area contributed by atoms with Crippen LogP contribution in [0, 0.1) is 6.92 Å². The molecule has 0 radical (unpaired) electrons. The van der Waals surface area contributed by atoms with E-state index in [4.69, 9.17) is 9.72 Å². The molecule has 2 aromatic carbocycles. The van der Waals surface area contributed by atoms with Crippen LogP contribution >= 0.6 is 0 Å². The predicted octanol–water partition coefficient (Wildman–Crippen LogP) is 5.37. The summed E-state index contributed by atoms with van der Waals surface area (Å²) in [7, 11) is 5.97. The summed E-state index contributed by atoms with van der Waals surface area (Å²) in [6.45, 7) is 4.66. The van der Waals surface area contributed by atoms with Crippen molar-refractivity contribution in [3.8, 4) is 11.5 Å². The maximum atomic E-state index is 13.2. The third-order valence-corrected chi connectivity index (χ3v) is 7.49. The number of amides is 1. The highest BCUT2D eigenvalue weighted by molar-refractivity contribution is 6.08. The van der Waals surface area contributed by atoms with Gasteiger partial charge in [0.15, 0.2) is 5.82 Å². The van der Waals surface area contributed by atoms with Crippen LogP contribution in [-0.2, 0) is 11.8 Å². The molecule has 6 rings (SSSR count). The number of pyridine rings is 1. The van der Waals surface area contributed by atoms with Crippen molar-refractivity contribution in [1.29, 1.82) is 0 Å². The van der Waals surface area contributed by atoms with Crippen LogP contribution in [0.15, 0.2) is 72.8 Å². The van der Waals surface area contributed by atoms with Gasteiger partial charge in [0.25, 0.3) is 5.91 Å². The Morgan fingerprint density at radius 2 is 1.90 bits per heavy atom. The lowest BCUT2D eigenvalue weighted by molar-refractivity contribution is -0.114. The minimum absolute atomic E-state index is 0.00897. The minimum atomic E-state index is -0.00897. The van der Waals surface area contributed by atoms with E-state index in [9.17, 15) is 4.79 Å². The van der Waals surface area contributed by atoms with Crippen LogP contribution in [0.4, 0.5) is 17.3 Å². The van der Waals surface area contributed by atoms with Gasteiger partial charge in [-0.15, -0.1) is 0 Å². The fourth-order valence-corrected chi connectivity index (χ4v) is 4.88. The second kappa shape index (κ2) is 10.6. The van der Waals surface area contributed by atoms with Crippen molar-refractivity contribution in [2.45, 2.75) is 26.3 Å². The normalized spacial score (nSPS) is 15.4. The van der Waals surface area contributed by atoms with Gasteiger partial charge < -0.3 is 19.5 Å². The van der Waals surface area contributed by atoms with Crippen molar-refractivity contribution in [2.75, 3.05) is 30.9 Å². The van der Waals surface area contributed by atoms with Gasteiger partial charge in [-0.25, -0.2) is 19.9 Å². The van der Waals surface area contributed by atoms with Crippen molar-refractivity contribution >= 4 is 45.3 Å². The van der Waals surface area contributed by atoms with E-state index < -0.39 is 0 Å². The first kappa shape index (κ1) is 26.4. The van der Waals surface area contributed by atoms with Gasteiger partial charge in [0.1, 0.15) is 29.2 Å². The molecule has 5 aromatic rings. The van der Waals surface area contributed by atoms with Crippen LogP contribution in [0.3, 0.4) is 0 Å². The Bertz CT molecular complexity index is 1810. The van der Waals surface area contributed by atoms with Gasteiger partial charge in [-0.1, -0.05) is 6.08 Å². The molecule has 0 aliphatic carbocycles. The second-order valence-electron chi connectivity index (χ2n) is 10.6. The molecule has 1 aliphatic heterocycles. The molecule has 1 fully saturated rings. The number of fused-ring (bicyclic) bond motifs is 2. The summed E-state index contributed by atoms with van der Waals surface area (Å²) in [5.41, 5.74) is 5.82. The van der Waals surface area contributed by atoms with Crippen molar-refractivity contribution in [3.63, 3.8) is 0 Å². The minimum Gasteiger partial charge on any atom is -0.457 e. The zero-order valence-electron chi connectivity index (χ0n) is 23.8. The molecule has 4 heterocycles. The Labute approximate surface area is 238 Å². The lowest BCUT2D eigenvalue weighted by atomic mass is 10.1. The number of imidazole rings is 1. The first-order valence-electron chi connectivity index (χ1n) is 13.5. The van der Waals surface area contributed by atoms with Crippen molar-refractivity contribution < 1.29 is 9.53 Å². The molecule has 3 aromatic heterocycles. The number of likely N-dealkylation sites (N-methyl/N-ethyl adjacent to an activating group) is 1. The highest BCUT2D eigenvalue weighted by atomic mass is 16.5. The Morgan fingerprint density at radius 3 is 2.71 bits per heavy atom. The van der Waals surface area contributed by atoms with Gasteiger partial charge >= 0.3 is 0 Å². The monoisotopic (exact) mass is 548 g/mol. The third-order valence-electron chi connectivity index (χ3n) is 7.49. The maximum Gasteiger partial charge on any atom is 0.255 e. The third kappa shape index (κ3) is 5.21. The predicted molar refractivity (Wildman–Crippen MR) is 161 cm³/mol. The van der Waals surface area contributed by atoms with Gasteiger partial charge in [-0.3, -0.25) is 9.69 Å². The summed E-state index contributed by atoms with van der Waals surface area (Å²) in [6.07, 6.45) is 6.02. The molecule has 1 amide bonds. The molecular formula is C31H32N8O2. The molecule has 208 valence electrons. The Morgan fingerprint density at radius 1 is 1.05 bits per heavy atom. The SMILES string of the molecule is Cc1cc(Nc2ncnc3ccc(N4CC/C(=C\[C@@H](C)N(C)C)C4=O)nc23)ccc1Oc1ccc2c(c1)ncn2C. The number of carbonyl (C=O) groups is 1. The van der Waals surface area contributed by atoms with Gasteiger partial charge in [0.2, 0.25) is 0 Å². The molecule has 1 N–H and O–H groups in total. The average molecular weight is 549 g/mol. The number of ether oxygens (including phenoxy) is 1. The maximum absolute atomic E-state index is 13.2. The summed E-state index contributed by atoms with van der Waals surface area (Å²) in [5, 5.41) is 3.38. The molecule has 1 saturated heterocycles. The summed E-state index contributed by atoms with van der Waals surface area (Å²) in [5.74, 6) is 2.62. The fourth-order valence-electron chi connectivity index (χ4n) is 4.88. The molecule has 10 nitrogen and oxygen atoms in total. The zero-order valence-corrected chi connectivity index (χ0v) is 23.8. The zero-order chi connectivity index (χ0) is 28.7. The number of aromatic nitrogens is 5. The fraction of sp³-hybridized carbons (Fsp3) is 0.258. The Balaban J connectivity index is 1.23. The van der Waals surface area contributed by atoms with E-state index in [-0.39, 0.29) is 11.9 Å². The van der Waals surface area contributed by atoms with E-state index in [1.54, 1.807) is 11.2 Å². The number of carbonyl (C=O) groups excluding carboxylic acids is 1. The van der Waals surface area contributed by atoms with Gasteiger partial charge in [0, 0.05) is 37.0 Å². The highest BCUT2D eigenvalue weighted by Gasteiger charge is 2.29. The standard InChI is InChI=1S/C31H32N8O2/c1-19-14-22(6-10-27(19)41-23-7-9-26-25(16-23)34-18-38(26)5)35-30-29-24(32-17-33-30)8-11-28(36-29)39-13-12-21(31(39)40)15-20(2)37(3)4/h6-11,14-18,20H,12-13H2,1-5H3,(H,32,33,35)/b21-15+/t20-/m1/s1. The number of rotatable bonds is 7. The summed E-state index contributed by atoms with van der Waals surface area (Å²) in [6, 6.07) is 15.6. The molecule has 0 bridgehead atoms. The largest absolute Gasteiger partial charge is 0.457 e. The quantitative estimate of drug-likeness (QED) is 0.271. The lowest BCUT2D eigenvalue weighted by Crippen LogP contribution is -2.27. The number of nitrogens with one attached hydrogen (secondary N) is 1. The number of hydrogen-bond donors (Lipinski definition) is 1. The number of anilines is 3. The summed E-state index contributed by atoms with van der Waals surface area (Å²) in [4.78, 5) is 35.1. The van der Waals surface area contributed by atoms with Gasteiger partial charge in [-0.05, 0) is 82.4 Å². The van der Waals surface area contributed by atoms with E-state index in [1.165, 1.54) is 6.33 Å².